The number of rotatable bonds is 4. The minimum atomic E-state index is -0.772. The number of hydrogen-bond donors (Lipinski definition) is 1. The molecule has 0 saturated heterocycles. The van der Waals surface area contributed by atoms with Gasteiger partial charge in [0, 0.05) is 16.0 Å². The summed E-state index contributed by atoms with van der Waals surface area (Å²) in [6, 6.07) is 7.82. The largest absolute Gasteiger partial charge is 0.440 e. The van der Waals surface area contributed by atoms with Crippen molar-refractivity contribution in [1.29, 1.82) is 0 Å². The third kappa shape index (κ3) is 3.23. The zero-order chi connectivity index (χ0) is 14.0. The zero-order valence-electron chi connectivity index (χ0n) is 9.87. The van der Waals surface area contributed by atoms with E-state index >= 15 is 0 Å². The van der Waals surface area contributed by atoms with Crippen LogP contribution >= 0.6 is 22.9 Å². The lowest BCUT2D eigenvalue weighted by atomic mass is 10.3. The van der Waals surface area contributed by atoms with Gasteiger partial charge in [-0.1, -0.05) is 22.9 Å². The van der Waals surface area contributed by atoms with E-state index in [9.17, 15) is 15.2 Å². The van der Waals surface area contributed by atoms with Crippen molar-refractivity contribution in [2.75, 3.05) is 0 Å². The molecule has 0 saturated carbocycles. The SMILES string of the molecule is CC(O)c1cc([N+](=O)[O-])c(Oc2ccc(Cl)cc2)s1. The Hall–Kier alpha value is -1.63. The Kier molecular flexibility index (Phi) is 4.04. The maximum Gasteiger partial charge on any atom is 0.323 e. The minimum absolute atomic E-state index is 0.142. The van der Waals surface area contributed by atoms with Crippen LogP contribution in [0.4, 0.5) is 5.69 Å². The molecule has 0 aliphatic heterocycles. The number of halogens is 1. The molecule has 2 rings (SSSR count). The minimum Gasteiger partial charge on any atom is -0.440 e. The predicted octanol–water partition coefficient (Wildman–Crippen LogP) is 4.16. The molecule has 0 aliphatic rings. The summed E-state index contributed by atoms with van der Waals surface area (Å²) in [6.07, 6.45) is -0.772. The van der Waals surface area contributed by atoms with Crippen molar-refractivity contribution in [3.05, 3.63) is 50.3 Å². The standard InChI is InChI=1S/C12H10ClNO4S/c1-7(15)11-6-10(14(16)17)12(19-11)18-9-4-2-8(13)3-5-9/h2-7,15H,1H3. The molecule has 0 amide bonds. The Morgan fingerprint density at radius 2 is 2.05 bits per heavy atom. The fourth-order valence-electron chi connectivity index (χ4n) is 1.40. The van der Waals surface area contributed by atoms with Gasteiger partial charge in [0.25, 0.3) is 5.06 Å². The number of aliphatic hydroxyl groups excluding tert-OH is 1. The van der Waals surface area contributed by atoms with E-state index in [-0.39, 0.29) is 10.8 Å². The summed E-state index contributed by atoms with van der Waals surface area (Å²) >= 11 is 6.80. The fraction of sp³-hybridized carbons (Fsp3) is 0.167. The van der Waals surface area contributed by atoms with Crippen LogP contribution in [0.15, 0.2) is 30.3 Å². The van der Waals surface area contributed by atoms with Crippen molar-refractivity contribution in [2.24, 2.45) is 0 Å². The van der Waals surface area contributed by atoms with Crippen molar-refractivity contribution < 1.29 is 14.8 Å². The Morgan fingerprint density at radius 1 is 1.42 bits per heavy atom. The molecular weight excluding hydrogens is 290 g/mol. The van der Waals surface area contributed by atoms with E-state index in [2.05, 4.69) is 0 Å². The molecule has 1 atom stereocenters. The molecule has 1 aromatic heterocycles. The van der Waals surface area contributed by atoms with Crippen LogP contribution in [0.2, 0.25) is 5.02 Å². The molecule has 0 spiro atoms. The molecule has 5 nitrogen and oxygen atoms in total. The van der Waals surface area contributed by atoms with Crippen molar-refractivity contribution >= 4 is 28.6 Å². The van der Waals surface area contributed by atoms with Crippen LogP contribution in [0.5, 0.6) is 10.8 Å². The van der Waals surface area contributed by atoms with E-state index in [0.717, 1.165) is 11.3 Å². The lowest BCUT2D eigenvalue weighted by Gasteiger charge is -2.02. The summed E-state index contributed by atoms with van der Waals surface area (Å²) in [5, 5.41) is 21.1. The number of ether oxygens (including phenoxy) is 1. The smallest absolute Gasteiger partial charge is 0.323 e. The first-order valence-corrected chi connectivity index (χ1v) is 6.56. The molecule has 1 heterocycles. The van der Waals surface area contributed by atoms with Gasteiger partial charge in [0.05, 0.1) is 11.0 Å². The molecule has 1 aromatic carbocycles. The van der Waals surface area contributed by atoms with Gasteiger partial charge < -0.3 is 9.84 Å². The van der Waals surface area contributed by atoms with Crippen LogP contribution in [-0.4, -0.2) is 10.0 Å². The number of nitro groups is 1. The number of nitrogens with zero attached hydrogens (tertiary/aromatic N) is 1. The molecule has 0 bridgehead atoms. The average Bonchev–Trinajstić information content (AvgIpc) is 2.76. The summed E-state index contributed by atoms with van der Waals surface area (Å²) in [5.41, 5.74) is -0.157. The molecular formula is C12H10ClNO4S. The van der Waals surface area contributed by atoms with E-state index in [4.69, 9.17) is 16.3 Å². The molecule has 19 heavy (non-hydrogen) atoms. The first kappa shape index (κ1) is 13.8. The normalized spacial score (nSPS) is 12.2. The number of aliphatic hydroxyl groups is 1. The maximum absolute atomic E-state index is 10.9. The van der Waals surface area contributed by atoms with E-state index in [1.807, 2.05) is 0 Å². The molecule has 7 heteroatoms. The molecule has 0 aliphatic carbocycles. The highest BCUT2D eigenvalue weighted by Gasteiger charge is 2.22. The van der Waals surface area contributed by atoms with Crippen molar-refractivity contribution in [3.63, 3.8) is 0 Å². The second-order valence-corrected chi connectivity index (χ2v) is 5.29. The Labute approximate surface area is 118 Å². The molecule has 0 radical (unpaired) electrons. The number of thiophene rings is 1. The second kappa shape index (κ2) is 5.56. The van der Waals surface area contributed by atoms with Gasteiger partial charge in [0.2, 0.25) is 0 Å². The first-order valence-electron chi connectivity index (χ1n) is 5.37. The lowest BCUT2D eigenvalue weighted by molar-refractivity contribution is -0.385. The van der Waals surface area contributed by atoms with Gasteiger partial charge in [0.1, 0.15) is 5.75 Å². The average molecular weight is 300 g/mol. The van der Waals surface area contributed by atoms with E-state index in [0.29, 0.717) is 15.6 Å². The van der Waals surface area contributed by atoms with Gasteiger partial charge in [-0.2, -0.15) is 0 Å². The van der Waals surface area contributed by atoms with Crippen LogP contribution in [0, 0.1) is 10.1 Å². The topological polar surface area (TPSA) is 72.6 Å². The maximum atomic E-state index is 10.9. The Bertz CT molecular complexity index is 594. The van der Waals surface area contributed by atoms with Gasteiger partial charge in [-0.15, -0.1) is 0 Å². The third-order valence-corrected chi connectivity index (χ3v) is 3.76. The van der Waals surface area contributed by atoms with Crippen LogP contribution < -0.4 is 4.74 Å². The van der Waals surface area contributed by atoms with E-state index < -0.39 is 11.0 Å². The predicted molar refractivity (Wildman–Crippen MR) is 73.1 cm³/mol. The van der Waals surface area contributed by atoms with Crippen LogP contribution in [0.1, 0.15) is 17.9 Å². The number of hydrogen-bond acceptors (Lipinski definition) is 5. The molecule has 1 N–H and O–H groups in total. The molecule has 100 valence electrons. The zero-order valence-corrected chi connectivity index (χ0v) is 11.4. The monoisotopic (exact) mass is 299 g/mol. The molecule has 1 unspecified atom stereocenters. The summed E-state index contributed by atoms with van der Waals surface area (Å²) in [6.45, 7) is 1.54. The third-order valence-electron chi connectivity index (χ3n) is 2.33. The summed E-state index contributed by atoms with van der Waals surface area (Å²) in [5.74, 6) is 0.450. The van der Waals surface area contributed by atoms with Crippen LogP contribution in [0.3, 0.4) is 0 Å². The van der Waals surface area contributed by atoms with Gasteiger partial charge in [-0.3, -0.25) is 10.1 Å². The molecule has 0 fully saturated rings. The van der Waals surface area contributed by atoms with Gasteiger partial charge in [0.15, 0.2) is 0 Å². The summed E-state index contributed by atoms with van der Waals surface area (Å²) < 4.78 is 5.46. The quantitative estimate of drug-likeness (QED) is 0.679. The Morgan fingerprint density at radius 3 is 2.58 bits per heavy atom. The van der Waals surface area contributed by atoms with Gasteiger partial charge in [-0.05, 0) is 31.2 Å². The van der Waals surface area contributed by atoms with Gasteiger partial charge >= 0.3 is 5.69 Å². The lowest BCUT2D eigenvalue weighted by Crippen LogP contribution is -1.89. The van der Waals surface area contributed by atoms with E-state index in [1.54, 1.807) is 31.2 Å². The molecule has 2 aromatic rings. The second-order valence-electron chi connectivity index (χ2n) is 3.81. The fourth-order valence-corrected chi connectivity index (χ4v) is 2.46. The van der Waals surface area contributed by atoms with Crippen molar-refractivity contribution in [2.45, 2.75) is 13.0 Å². The van der Waals surface area contributed by atoms with Crippen LogP contribution in [-0.2, 0) is 0 Å². The van der Waals surface area contributed by atoms with Gasteiger partial charge in [-0.25, -0.2) is 0 Å². The summed E-state index contributed by atoms with van der Waals surface area (Å²) in [7, 11) is 0. The highest BCUT2D eigenvalue weighted by molar-refractivity contribution is 7.14. The summed E-state index contributed by atoms with van der Waals surface area (Å²) in [4.78, 5) is 10.9. The Balaban J connectivity index is 2.33. The first-order chi connectivity index (χ1) is 8.97. The van der Waals surface area contributed by atoms with E-state index in [1.165, 1.54) is 6.07 Å². The highest BCUT2D eigenvalue weighted by atomic mass is 35.5. The van der Waals surface area contributed by atoms with Crippen molar-refractivity contribution in [3.8, 4) is 10.8 Å². The number of benzene rings is 1. The van der Waals surface area contributed by atoms with Crippen LogP contribution in [0.25, 0.3) is 0 Å². The highest BCUT2D eigenvalue weighted by Crippen LogP contribution is 2.41. The van der Waals surface area contributed by atoms with Crippen molar-refractivity contribution in [1.82, 2.24) is 0 Å².